The van der Waals surface area contributed by atoms with Gasteiger partial charge in [-0.2, -0.15) is 0 Å². The standard InChI is InChI=1S/C20H23N7S/c1-4-15-10-28-20-24-18(17-7-5-6-8-21-17)19(26(15)20)16-9-13(2)27(14(16)3)25-11-22-23-12-25/h5-9,11-12,15,18-19H,4,10H2,1-3H3/t15-,18+,19-/m1/s1. The Balaban J connectivity index is 1.65. The molecule has 0 N–H and O–H groups in total. The summed E-state index contributed by atoms with van der Waals surface area (Å²) in [6.07, 6.45) is 6.44. The minimum Gasteiger partial charge on any atom is -0.338 e. The van der Waals surface area contributed by atoms with Gasteiger partial charge in [-0.1, -0.05) is 24.8 Å². The first kappa shape index (κ1) is 17.5. The lowest BCUT2D eigenvalue weighted by Crippen LogP contribution is -2.35. The van der Waals surface area contributed by atoms with Gasteiger partial charge in [0.15, 0.2) is 5.17 Å². The molecule has 0 spiro atoms. The number of rotatable bonds is 4. The van der Waals surface area contributed by atoms with Crippen molar-refractivity contribution in [1.29, 1.82) is 0 Å². The Morgan fingerprint density at radius 2 is 2.00 bits per heavy atom. The van der Waals surface area contributed by atoms with Gasteiger partial charge in [0.2, 0.25) is 0 Å². The first-order chi connectivity index (χ1) is 13.7. The van der Waals surface area contributed by atoms with Crippen molar-refractivity contribution in [1.82, 2.24) is 29.4 Å². The number of aliphatic imine (C=N–C) groups is 1. The van der Waals surface area contributed by atoms with Gasteiger partial charge in [-0.05, 0) is 38.5 Å². The zero-order chi connectivity index (χ0) is 19.3. The smallest absolute Gasteiger partial charge is 0.160 e. The second-order valence-electron chi connectivity index (χ2n) is 7.32. The van der Waals surface area contributed by atoms with Crippen LogP contribution >= 0.6 is 11.8 Å². The maximum atomic E-state index is 5.12. The predicted molar refractivity (Wildman–Crippen MR) is 110 cm³/mol. The molecule has 1 saturated heterocycles. The highest BCUT2D eigenvalue weighted by molar-refractivity contribution is 8.14. The van der Waals surface area contributed by atoms with E-state index in [2.05, 4.69) is 57.7 Å². The minimum absolute atomic E-state index is 0.00733. The molecule has 3 aromatic heterocycles. The van der Waals surface area contributed by atoms with Crippen molar-refractivity contribution >= 4 is 16.9 Å². The third kappa shape index (κ3) is 2.58. The molecule has 0 unspecified atom stereocenters. The first-order valence-corrected chi connectivity index (χ1v) is 10.6. The third-order valence-electron chi connectivity index (χ3n) is 5.72. The summed E-state index contributed by atoms with van der Waals surface area (Å²) in [6, 6.07) is 9.05. The fourth-order valence-electron chi connectivity index (χ4n) is 4.42. The zero-order valence-electron chi connectivity index (χ0n) is 16.2. The molecule has 5 rings (SSSR count). The van der Waals surface area contributed by atoms with E-state index in [0.717, 1.165) is 28.7 Å². The van der Waals surface area contributed by atoms with Gasteiger partial charge >= 0.3 is 0 Å². The Morgan fingerprint density at radius 1 is 1.18 bits per heavy atom. The number of aromatic nitrogens is 5. The van der Waals surface area contributed by atoms with E-state index in [1.165, 1.54) is 11.3 Å². The van der Waals surface area contributed by atoms with Crippen molar-refractivity contribution in [2.24, 2.45) is 4.99 Å². The second kappa shape index (κ2) is 6.77. The van der Waals surface area contributed by atoms with Crippen molar-refractivity contribution in [3.8, 4) is 0 Å². The Hall–Kier alpha value is -2.61. The highest BCUT2D eigenvalue weighted by Gasteiger charge is 2.46. The molecule has 2 aliphatic rings. The van der Waals surface area contributed by atoms with Gasteiger partial charge in [0.25, 0.3) is 0 Å². The van der Waals surface area contributed by atoms with E-state index in [4.69, 9.17) is 4.99 Å². The highest BCUT2D eigenvalue weighted by atomic mass is 32.2. The van der Waals surface area contributed by atoms with Crippen LogP contribution in [0.15, 0.2) is 48.1 Å². The molecule has 2 aliphatic heterocycles. The van der Waals surface area contributed by atoms with Crippen LogP contribution < -0.4 is 0 Å². The first-order valence-electron chi connectivity index (χ1n) is 9.63. The number of fused-ring (bicyclic) bond motifs is 1. The molecule has 0 bridgehead atoms. The number of thioether (sulfide) groups is 1. The van der Waals surface area contributed by atoms with Crippen molar-refractivity contribution in [3.63, 3.8) is 0 Å². The largest absolute Gasteiger partial charge is 0.338 e. The molecule has 28 heavy (non-hydrogen) atoms. The number of aryl methyl sites for hydroxylation is 1. The summed E-state index contributed by atoms with van der Waals surface area (Å²) in [5, 5.41) is 9.10. The van der Waals surface area contributed by atoms with E-state index in [0.29, 0.717) is 6.04 Å². The quantitative estimate of drug-likeness (QED) is 0.680. The summed E-state index contributed by atoms with van der Waals surface area (Å²) < 4.78 is 4.09. The van der Waals surface area contributed by atoms with Crippen molar-refractivity contribution in [3.05, 3.63) is 65.8 Å². The van der Waals surface area contributed by atoms with E-state index >= 15 is 0 Å². The number of hydrogen-bond acceptors (Lipinski definition) is 6. The van der Waals surface area contributed by atoms with Crippen LogP contribution in [0.3, 0.4) is 0 Å². The van der Waals surface area contributed by atoms with E-state index in [1.54, 1.807) is 12.7 Å². The van der Waals surface area contributed by atoms with Gasteiger partial charge in [-0.15, -0.1) is 10.2 Å². The highest BCUT2D eigenvalue weighted by Crippen LogP contribution is 2.49. The molecular weight excluding hydrogens is 370 g/mol. The molecule has 144 valence electrons. The van der Waals surface area contributed by atoms with Gasteiger partial charge in [-0.3, -0.25) is 14.7 Å². The molecule has 5 heterocycles. The van der Waals surface area contributed by atoms with Crippen LogP contribution in [-0.2, 0) is 0 Å². The monoisotopic (exact) mass is 393 g/mol. The number of amidine groups is 1. The van der Waals surface area contributed by atoms with Crippen LogP contribution in [0.4, 0.5) is 0 Å². The summed E-state index contributed by atoms with van der Waals surface area (Å²) >= 11 is 1.87. The van der Waals surface area contributed by atoms with Gasteiger partial charge in [-0.25, -0.2) is 4.68 Å². The summed E-state index contributed by atoms with van der Waals surface area (Å²) in [6.45, 7) is 6.55. The second-order valence-corrected chi connectivity index (χ2v) is 8.30. The van der Waals surface area contributed by atoms with Crippen molar-refractivity contribution < 1.29 is 0 Å². The Labute approximate surface area is 168 Å². The lowest BCUT2D eigenvalue weighted by Gasteiger charge is -2.31. The van der Waals surface area contributed by atoms with E-state index in [1.807, 2.05) is 34.8 Å². The number of pyridine rings is 1. The van der Waals surface area contributed by atoms with Crippen LogP contribution in [0.2, 0.25) is 0 Å². The molecule has 0 aliphatic carbocycles. The van der Waals surface area contributed by atoms with Crippen LogP contribution in [0, 0.1) is 13.8 Å². The van der Waals surface area contributed by atoms with Crippen LogP contribution in [0.5, 0.6) is 0 Å². The summed E-state index contributed by atoms with van der Waals surface area (Å²) in [5.74, 6) is 1.10. The molecule has 3 atom stereocenters. The Morgan fingerprint density at radius 3 is 2.71 bits per heavy atom. The molecule has 8 heteroatoms. The fourth-order valence-corrected chi connectivity index (χ4v) is 5.76. The number of hydrogen-bond donors (Lipinski definition) is 0. The Bertz CT molecular complexity index is 1010. The van der Waals surface area contributed by atoms with Crippen LogP contribution in [-0.4, -0.2) is 46.4 Å². The maximum Gasteiger partial charge on any atom is 0.160 e. The average molecular weight is 394 g/mol. The summed E-state index contributed by atoms with van der Waals surface area (Å²) in [7, 11) is 0. The average Bonchev–Trinajstić information content (AvgIpc) is 3.47. The summed E-state index contributed by atoms with van der Waals surface area (Å²) in [5.41, 5.74) is 4.66. The van der Waals surface area contributed by atoms with E-state index < -0.39 is 0 Å². The van der Waals surface area contributed by atoms with Crippen LogP contribution in [0.25, 0.3) is 0 Å². The molecule has 0 amide bonds. The molecule has 1 fully saturated rings. The van der Waals surface area contributed by atoms with E-state index in [-0.39, 0.29) is 12.1 Å². The topological polar surface area (TPSA) is 64.1 Å². The lowest BCUT2D eigenvalue weighted by atomic mass is 9.95. The Kier molecular flexibility index (Phi) is 4.23. The van der Waals surface area contributed by atoms with Gasteiger partial charge in [0, 0.05) is 34.9 Å². The molecule has 0 saturated carbocycles. The molecule has 3 aromatic rings. The minimum atomic E-state index is 0.00733. The third-order valence-corrected chi connectivity index (χ3v) is 6.85. The molecular formula is C20H23N7S. The lowest BCUT2D eigenvalue weighted by molar-refractivity contribution is 0.254. The molecule has 0 radical (unpaired) electrons. The number of nitrogens with zero attached hydrogens (tertiary/aromatic N) is 7. The SMILES string of the molecule is CC[C@@H]1CSC2=N[C@@H](c3ccccn3)[C@@H](c3cc(C)n(-n4cnnc4)c3C)N21. The van der Waals surface area contributed by atoms with E-state index in [9.17, 15) is 0 Å². The predicted octanol–water partition coefficient (Wildman–Crippen LogP) is 3.38. The fraction of sp³-hybridized carbons (Fsp3) is 0.400. The van der Waals surface area contributed by atoms with Gasteiger partial charge in [0.05, 0.1) is 11.7 Å². The summed E-state index contributed by atoms with van der Waals surface area (Å²) in [4.78, 5) is 12.3. The van der Waals surface area contributed by atoms with Crippen molar-refractivity contribution in [2.45, 2.75) is 45.3 Å². The van der Waals surface area contributed by atoms with Gasteiger partial charge < -0.3 is 4.90 Å². The zero-order valence-corrected chi connectivity index (χ0v) is 17.0. The maximum absolute atomic E-state index is 5.12. The molecule has 7 nitrogen and oxygen atoms in total. The van der Waals surface area contributed by atoms with Gasteiger partial charge in [0.1, 0.15) is 18.7 Å². The normalized spacial score (nSPS) is 23.9. The van der Waals surface area contributed by atoms with Crippen molar-refractivity contribution in [2.75, 3.05) is 5.75 Å². The van der Waals surface area contributed by atoms with Crippen LogP contribution in [0.1, 0.15) is 48.1 Å². The molecule has 0 aromatic carbocycles.